The Kier molecular flexibility index (Phi) is 1.25. The van der Waals surface area contributed by atoms with Gasteiger partial charge in [0.2, 0.25) is 5.56 Å². The van der Waals surface area contributed by atoms with Gasteiger partial charge in [0.1, 0.15) is 0 Å². The van der Waals surface area contributed by atoms with E-state index in [-0.39, 0.29) is 11.1 Å². The predicted octanol–water partition coefficient (Wildman–Crippen LogP) is -0.433. The summed E-state index contributed by atoms with van der Waals surface area (Å²) in [6, 6.07) is 3.25. The minimum absolute atomic E-state index is 0.0714. The fourth-order valence-corrected chi connectivity index (χ4v) is 1.39. The van der Waals surface area contributed by atoms with Crippen molar-refractivity contribution in [3.8, 4) is 0 Å². The van der Waals surface area contributed by atoms with Gasteiger partial charge in [-0.05, 0) is 26.0 Å². The lowest BCUT2D eigenvalue weighted by atomic mass is 10.1. The van der Waals surface area contributed by atoms with Gasteiger partial charge >= 0.3 is 0 Å². The first-order valence-corrected chi connectivity index (χ1v) is 3.89. The number of aromatic amines is 1. The molecule has 3 nitrogen and oxygen atoms in total. The summed E-state index contributed by atoms with van der Waals surface area (Å²) in [6.45, 7) is 4.01. The Bertz CT molecular complexity index is 482. The number of fused-ring (bicyclic) bond motifs is 1. The molecule has 0 aromatic carbocycles. The van der Waals surface area contributed by atoms with Crippen molar-refractivity contribution in [3.63, 3.8) is 0 Å². The first-order valence-electron chi connectivity index (χ1n) is 3.89. The third-order valence-electron chi connectivity index (χ3n) is 1.83. The molecular weight excluding hydrogens is 152 g/mol. The van der Waals surface area contributed by atoms with Crippen LogP contribution in [0.5, 0.6) is 0 Å². The number of pyridine rings is 1. The third-order valence-corrected chi connectivity index (χ3v) is 1.83. The standard InChI is InChI=1S/C9H10N2O/c1-9(2)5-7-6(11-9)3-4-8(12)10-7/h3-5H,1-2H3,(H,10,12). The van der Waals surface area contributed by atoms with E-state index in [4.69, 9.17) is 0 Å². The average molecular weight is 162 g/mol. The Morgan fingerprint density at radius 3 is 2.92 bits per heavy atom. The fourth-order valence-electron chi connectivity index (χ4n) is 1.39. The Morgan fingerprint density at radius 2 is 2.17 bits per heavy atom. The summed E-state index contributed by atoms with van der Waals surface area (Å²) in [7, 11) is 0. The van der Waals surface area contributed by atoms with Crippen LogP contribution in [0.1, 0.15) is 13.8 Å². The van der Waals surface area contributed by atoms with Gasteiger partial charge in [0.05, 0.1) is 16.2 Å². The van der Waals surface area contributed by atoms with Gasteiger partial charge in [0.15, 0.2) is 0 Å². The second kappa shape index (κ2) is 2.06. The van der Waals surface area contributed by atoms with Crippen molar-refractivity contribution in [2.24, 2.45) is 4.99 Å². The topological polar surface area (TPSA) is 45.2 Å². The average Bonchev–Trinajstić information content (AvgIpc) is 2.21. The van der Waals surface area contributed by atoms with E-state index in [0.29, 0.717) is 0 Å². The van der Waals surface area contributed by atoms with Crippen LogP contribution >= 0.6 is 0 Å². The van der Waals surface area contributed by atoms with Crippen molar-refractivity contribution in [2.75, 3.05) is 0 Å². The molecule has 0 fully saturated rings. The van der Waals surface area contributed by atoms with E-state index < -0.39 is 0 Å². The molecule has 1 aromatic rings. The second-order valence-electron chi connectivity index (χ2n) is 3.53. The lowest BCUT2D eigenvalue weighted by molar-refractivity contribution is 0.690. The predicted molar refractivity (Wildman–Crippen MR) is 46.4 cm³/mol. The summed E-state index contributed by atoms with van der Waals surface area (Å²) in [4.78, 5) is 18.1. The number of nitrogens with zero attached hydrogens (tertiary/aromatic N) is 1. The molecule has 0 saturated heterocycles. The highest BCUT2D eigenvalue weighted by molar-refractivity contribution is 5.36. The maximum Gasteiger partial charge on any atom is 0.248 e. The van der Waals surface area contributed by atoms with Crippen molar-refractivity contribution in [3.05, 3.63) is 33.2 Å². The van der Waals surface area contributed by atoms with Gasteiger partial charge in [0.25, 0.3) is 0 Å². The Hall–Kier alpha value is -1.38. The van der Waals surface area contributed by atoms with Crippen LogP contribution in [0, 0.1) is 0 Å². The smallest absolute Gasteiger partial charge is 0.248 e. The van der Waals surface area contributed by atoms with Crippen LogP contribution in [0.4, 0.5) is 0 Å². The van der Waals surface area contributed by atoms with Crippen LogP contribution in [-0.2, 0) is 0 Å². The molecule has 0 bridgehead atoms. The van der Waals surface area contributed by atoms with E-state index in [1.165, 1.54) is 6.07 Å². The number of aromatic nitrogens is 1. The summed E-state index contributed by atoms with van der Waals surface area (Å²) in [5.74, 6) is 0. The number of rotatable bonds is 0. The molecule has 1 aliphatic heterocycles. The van der Waals surface area contributed by atoms with Crippen molar-refractivity contribution in [1.82, 2.24) is 4.98 Å². The maximum atomic E-state index is 10.9. The van der Waals surface area contributed by atoms with E-state index in [9.17, 15) is 4.79 Å². The molecular formula is C9H10N2O. The molecule has 0 atom stereocenters. The molecule has 1 N–H and O–H groups in total. The zero-order valence-electron chi connectivity index (χ0n) is 7.09. The molecule has 1 aromatic heterocycles. The zero-order valence-corrected chi connectivity index (χ0v) is 7.09. The molecule has 2 heterocycles. The largest absolute Gasteiger partial charge is 0.321 e. The zero-order chi connectivity index (χ0) is 8.77. The van der Waals surface area contributed by atoms with Crippen LogP contribution in [-0.4, -0.2) is 10.5 Å². The molecule has 0 amide bonds. The summed E-state index contributed by atoms with van der Waals surface area (Å²) in [6.07, 6.45) is 1.96. The van der Waals surface area contributed by atoms with Crippen LogP contribution in [0.2, 0.25) is 0 Å². The van der Waals surface area contributed by atoms with Crippen LogP contribution in [0.15, 0.2) is 21.9 Å². The lowest BCUT2D eigenvalue weighted by Crippen LogP contribution is -2.30. The Morgan fingerprint density at radius 1 is 1.42 bits per heavy atom. The summed E-state index contributed by atoms with van der Waals surface area (Å²) < 4.78 is 0. The highest BCUT2D eigenvalue weighted by atomic mass is 16.1. The summed E-state index contributed by atoms with van der Waals surface area (Å²) in [5.41, 5.74) is -0.245. The second-order valence-corrected chi connectivity index (χ2v) is 3.53. The van der Waals surface area contributed by atoms with Gasteiger partial charge in [-0.15, -0.1) is 0 Å². The van der Waals surface area contributed by atoms with Crippen LogP contribution < -0.4 is 16.3 Å². The first kappa shape index (κ1) is 7.28. The third kappa shape index (κ3) is 1.07. The molecule has 0 saturated carbocycles. The van der Waals surface area contributed by atoms with Crippen LogP contribution in [0.3, 0.4) is 0 Å². The molecule has 2 rings (SSSR count). The van der Waals surface area contributed by atoms with Gasteiger partial charge in [-0.3, -0.25) is 9.79 Å². The minimum atomic E-state index is -0.174. The normalized spacial score (nSPS) is 17.8. The van der Waals surface area contributed by atoms with Crippen molar-refractivity contribution >= 4 is 6.08 Å². The number of hydrogen-bond donors (Lipinski definition) is 1. The monoisotopic (exact) mass is 162 g/mol. The van der Waals surface area contributed by atoms with Gasteiger partial charge in [-0.1, -0.05) is 0 Å². The minimum Gasteiger partial charge on any atom is -0.321 e. The van der Waals surface area contributed by atoms with Crippen molar-refractivity contribution < 1.29 is 0 Å². The molecule has 0 radical (unpaired) electrons. The number of nitrogens with one attached hydrogen (secondary N) is 1. The summed E-state index contributed by atoms with van der Waals surface area (Å²) >= 11 is 0. The van der Waals surface area contributed by atoms with E-state index >= 15 is 0 Å². The number of hydrogen-bond acceptors (Lipinski definition) is 2. The van der Waals surface area contributed by atoms with Gasteiger partial charge < -0.3 is 4.98 Å². The Labute approximate surface area is 69.5 Å². The van der Waals surface area contributed by atoms with E-state index in [1.54, 1.807) is 6.07 Å². The van der Waals surface area contributed by atoms with Crippen molar-refractivity contribution in [2.45, 2.75) is 19.4 Å². The van der Waals surface area contributed by atoms with E-state index in [0.717, 1.165) is 10.7 Å². The SMILES string of the molecule is CC1(C)C=c2[nH]c(=O)ccc2=N1. The molecule has 0 spiro atoms. The molecule has 3 heteroatoms. The molecule has 1 aliphatic rings. The fraction of sp³-hybridized carbons (Fsp3) is 0.333. The van der Waals surface area contributed by atoms with Gasteiger partial charge in [-0.2, -0.15) is 0 Å². The highest BCUT2D eigenvalue weighted by Crippen LogP contribution is 2.10. The molecule has 62 valence electrons. The summed E-state index contributed by atoms with van der Waals surface area (Å²) in [5, 5.41) is 1.71. The molecule has 0 unspecified atom stereocenters. The van der Waals surface area contributed by atoms with Gasteiger partial charge in [0, 0.05) is 6.07 Å². The number of H-pyrrole nitrogens is 1. The van der Waals surface area contributed by atoms with E-state index in [2.05, 4.69) is 9.98 Å². The quantitative estimate of drug-likeness (QED) is 0.552. The van der Waals surface area contributed by atoms with Gasteiger partial charge in [-0.25, -0.2) is 0 Å². The first-order chi connectivity index (χ1) is 5.57. The van der Waals surface area contributed by atoms with Crippen LogP contribution in [0.25, 0.3) is 6.08 Å². The molecule has 12 heavy (non-hydrogen) atoms. The lowest BCUT2D eigenvalue weighted by Gasteiger charge is -2.07. The highest BCUT2D eigenvalue weighted by Gasteiger charge is 2.16. The maximum absolute atomic E-state index is 10.9. The van der Waals surface area contributed by atoms with E-state index in [1.807, 2.05) is 19.9 Å². The Balaban J connectivity index is 2.87. The molecule has 0 aliphatic carbocycles. The van der Waals surface area contributed by atoms with Crippen molar-refractivity contribution in [1.29, 1.82) is 0 Å².